The number of aromatic nitrogens is 3. The zero-order valence-corrected chi connectivity index (χ0v) is 18.2. The minimum atomic E-state index is 0.139. The van der Waals surface area contributed by atoms with E-state index >= 15 is 0 Å². The number of rotatable bonds is 7. The van der Waals surface area contributed by atoms with Gasteiger partial charge in [-0.25, -0.2) is 0 Å². The van der Waals surface area contributed by atoms with Crippen molar-refractivity contribution in [1.82, 2.24) is 19.7 Å². The van der Waals surface area contributed by atoms with Crippen LogP contribution < -0.4 is 4.74 Å². The van der Waals surface area contributed by atoms with Gasteiger partial charge >= 0.3 is 0 Å². The number of carbonyl (C=O) groups excluding carboxylic acids is 1. The standard InChI is InChI=1S/C21H24N4O2S2/c1-3-24-20(18-7-5-13-28-18)22-23-21(24)29-14-19(26)25-12-4-6-17(25)15-8-10-16(27-2)11-9-15/h5,7-11,13,17H,3-4,6,12,14H2,1-2H3. The van der Waals surface area contributed by atoms with Crippen molar-refractivity contribution in [3.63, 3.8) is 0 Å². The van der Waals surface area contributed by atoms with E-state index in [2.05, 4.69) is 33.8 Å². The molecule has 2 aromatic heterocycles. The lowest BCUT2D eigenvalue weighted by atomic mass is 10.0. The Balaban J connectivity index is 1.44. The van der Waals surface area contributed by atoms with Crippen LogP contribution in [0.3, 0.4) is 0 Å². The van der Waals surface area contributed by atoms with Crippen molar-refractivity contribution in [2.75, 3.05) is 19.4 Å². The summed E-state index contributed by atoms with van der Waals surface area (Å²) in [5, 5.41) is 11.5. The Morgan fingerprint density at radius 1 is 1.28 bits per heavy atom. The highest BCUT2D eigenvalue weighted by atomic mass is 32.2. The van der Waals surface area contributed by atoms with Crippen molar-refractivity contribution in [1.29, 1.82) is 0 Å². The summed E-state index contributed by atoms with van der Waals surface area (Å²) in [6.45, 7) is 3.65. The van der Waals surface area contributed by atoms with Crippen LogP contribution in [0.25, 0.3) is 10.7 Å². The zero-order chi connectivity index (χ0) is 20.2. The van der Waals surface area contributed by atoms with Crippen LogP contribution in [0.15, 0.2) is 46.9 Å². The van der Waals surface area contributed by atoms with Crippen molar-refractivity contribution in [3.8, 4) is 16.5 Å². The molecular formula is C21H24N4O2S2. The van der Waals surface area contributed by atoms with Crippen molar-refractivity contribution < 1.29 is 9.53 Å². The van der Waals surface area contributed by atoms with E-state index in [0.29, 0.717) is 5.75 Å². The fraction of sp³-hybridized carbons (Fsp3) is 0.381. The highest BCUT2D eigenvalue weighted by Crippen LogP contribution is 2.34. The zero-order valence-electron chi connectivity index (χ0n) is 16.6. The number of amides is 1. The van der Waals surface area contributed by atoms with E-state index in [9.17, 15) is 4.79 Å². The highest BCUT2D eigenvalue weighted by molar-refractivity contribution is 7.99. The Morgan fingerprint density at radius 3 is 2.79 bits per heavy atom. The van der Waals surface area contributed by atoms with Gasteiger partial charge in [-0.3, -0.25) is 4.79 Å². The minimum absolute atomic E-state index is 0.139. The van der Waals surface area contributed by atoms with Gasteiger partial charge in [0.25, 0.3) is 0 Å². The number of thioether (sulfide) groups is 1. The summed E-state index contributed by atoms with van der Waals surface area (Å²) in [4.78, 5) is 16.1. The van der Waals surface area contributed by atoms with E-state index in [1.807, 2.05) is 34.5 Å². The number of ether oxygens (including phenoxy) is 1. The van der Waals surface area contributed by atoms with Gasteiger partial charge in [0.15, 0.2) is 11.0 Å². The number of carbonyl (C=O) groups is 1. The molecule has 29 heavy (non-hydrogen) atoms. The molecule has 0 N–H and O–H groups in total. The van der Waals surface area contributed by atoms with Gasteiger partial charge in [0.2, 0.25) is 5.91 Å². The molecule has 1 atom stereocenters. The van der Waals surface area contributed by atoms with E-state index in [4.69, 9.17) is 4.74 Å². The summed E-state index contributed by atoms with van der Waals surface area (Å²) < 4.78 is 7.32. The van der Waals surface area contributed by atoms with Crippen molar-refractivity contribution in [2.24, 2.45) is 0 Å². The molecule has 152 valence electrons. The smallest absolute Gasteiger partial charge is 0.233 e. The highest BCUT2D eigenvalue weighted by Gasteiger charge is 2.30. The molecule has 3 heterocycles. The molecule has 1 aromatic carbocycles. The van der Waals surface area contributed by atoms with E-state index in [-0.39, 0.29) is 11.9 Å². The van der Waals surface area contributed by atoms with Crippen molar-refractivity contribution in [3.05, 3.63) is 47.3 Å². The number of nitrogens with zero attached hydrogens (tertiary/aromatic N) is 4. The normalized spacial score (nSPS) is 16.3. The first kappa shape index (κ1) is 20.0. The van der Waals surface area contributed by atoms with Crippen LogP contribution in [0.4, 0.5) is 0 Å². The molecular weight excluding hydrogens is 404 g/mol. The van der Waals surface area contributed by atoms with E-state index in [0.717, 1.165) is 47.5 Å². The van der Waals surface area contributed by atoms with Crippen LogP contribution in [0.5, 0.6) is 5.75 Å². The number of likely N-dealkylation sites (tertiary alicyclic amines) is 1. The van der Waals surface area contributed by atoms with E-state index in [1.54, 1.807) is 18.4 Å². The Bertz CT molecular complexity index is 954. The van der Waals surface area contributed by atoms with Gasteiger partial charge in [0, 0.05) is 13.1 Å². The van der Waals surface area contributed by atoms with Crippen molar-refractivity contribution in [2.45, 2.75) is 37.5 Å². The lowest BCUT2D eigenvalue weighted by Gasteiger charge is -2.25. The van der Waals surface area contributed by atoms with Gasteiger partial charge in [-0.1, -0.05) is 30.0 Å². The molecule has 6 nitrogen and oxygen atoms in total. The maximum absolute atomic E-state index is 13.0. The van der Waals surface area contributed by atoms with Gasteiger partial charge in [-0.2, -0.15) is 0 Å². The first-order chi connectivity index (χ1) is 14.2. The molecule has 1 aliphatic rings. The molecule has 8 heteroatoms. The lowest BCUT2D eigenvalue weighted by molar-refractivity contribution is -0.129. The Labute approximate surface area is 178 Å². The molecule has 1 unspecified atom stereocenters. The number of thiophene rings is 1. The third-order valence-corrected chi connectivity index (χ3v) is 6.99. The molecule has 0 bridgehead atoms. The van der Waals surface area contributed by atoms with Crippen LogP contribution >= 0.6 is 23.1 Å². The fourth-order valence-corrected chi connectivity index (χ4v) is 5.32. The summed E-state index contributed by atoms with van der Waals surface area (Å²) >= 11 is 3.12. The second kappa shape index (κ2) is 9.00. The molecule has 1 aliphatic heterocycles. The lowest BCUT2D eigenvalue weighted by Crippen LogP contribution is -2.32. The van der Waals surface area contributed by atoms with Gasteiger partial charge in [0.05, 0.1) is 23.8 Å². The molecule has 1 saturated heterocycles. The molecule has 0 radical (unpaired) electrons. The molecule has 1 amide bonds. The monoisotopic (exact) mass is 428 g/mol. The largest absolute Gasteiger partial charge is 0.497 e. The van der Waals surface area contributed by atoms with Crippen LogP contribution in [0, 0.1) is 0 Å². The second-order valence-electron chi connectivity index (χ2n) is 6.83. The summed E-state index contributed by atoms with van der Waals surface area (Å²) in [5.74, 6) is 2.22. The second-order valence-corrected chi connectivity index (χ2v) is 8.72. The number of benzene rings is 1. The topological polar surface area (TPSA) is 60.2 Å². The molecule has 3 aromatic rings. The van der Waals surface area contributed by atoms with Crippen LogP contribution in [0.1, 0.15) is 31.4 Å². The maximum Gasteiger partial charge on any atom is 0.233 e. The maximum atomic E-state index is 13.0. The number of methoxy groups -OCH3 is 1. The Kier molecular flexibility index (Phi) is 6.20. The molecule has 0 spiro atoms. The summed E-state index contributed by atoms with van der Waals surface area (Å²) in [6, 6.07) is 12.2. The van der Waals surface area contributed by atoms with Gasteiger partial charge in [-0.15, -0.1) is 21.5 Å². The molecule has 0 saturated carbocycles. The van der Waals surface area contributed by atoms with Gasteiger partial charge < -0.3 is 14.2 Å². The van der Waals surface area contributed by atoms with Crippen molar-refractivity contribution >= 4 is 29.0 Å². The third-order valence-electron chi connectivity index (χ3n) is 5.17. The predicted octanol–water partition coefficient (Wildman–Crippen LogP) is 4.49. The van der Waals surface area contributed by atoms with Crippen LogP contribution in [-0.4, -0.2) is 45.0 Å². The number of hydrogen-bond donors (Lipinski definition) is 0. The quantitative estimate of drug-likeness (QED) is 0.519. The Hall–Kier alpha value is -2.32. The number of hydrogen-bond acceptors (Lipinski definition) is 6. The SMILES string of the molecule is CCn1c(SCC(=O)N2CCCC2c2ccc(OC)cc2)nnc1-c1cccs1. The third kappa shape index (κ3) is 4.18. The molecule has 1 fully saturated rings. The average molecular weight is 429 g/mol. The fourth-order valence-electron chi connectivity index (χ4n) is 3.72. The summed E-state index contributed by atoms with van der Waals surface area (Å²) in [7, 11) is 1.66. The summed E-state index contributed by atoms with van der Waals surface area (Å²) in [5.41, 5.74) is 1.17. The molecule has 4 rings (SSSR count). The van der Waals surface area contributed by atoms with E-state index < -0.39 is 0 Å². The first-order valence-electron chi connectivity index (χ1n) is 9.74. The van der Waals surface area contributed by atoms with Gasteiger partial charge in [-0.05, 0) is 48.9 Å². The summed E-state index contributed by atoms with van der Waals surface area (Å²) in [6.07, 6.45) is 2.02. The van der Waals surface area contributed by atoms with Gasteiger partial charge in [0.1, 0.15) is 5.75 Å². The molecule has 0 aliphatic carbocycles. The minimum Gasteiger partial charge on any atom is -0.497 e. The van der Waals surface area contributed by atoms with Crippen LogP contribution in [0.2, 0.25) is 0 Å². The predicted molar refractivity (Wildman–Crippen MR) is 116 cm³/mol. The van der Waals surface area contributed by atoms with E-state index in [1.165, 1.54) is 17.3 Å². The first-order valence-corrected chi connectivity index (χ1v) is 11.6. The van der Waals surface area contributed by atoms with Crippen LogP contribution in [-0.2, 0) is 11.3 Å². The average Bonchev–Trinajstić information content (AvgIpc) is 3.51. The Morgan fingerprint density at radius 2 is 2.10 bits per heavy atom.